The van der Waals surface area contributed by atoms with E-state index < -0.39 is 93.4 Å². The zero-order chi connectivity index (χ0) is 62.8. The monoisotopic (exact) mass is 1210 g/mol. The molecule has 0 spiro atoms. The van der Waals surface area contributed by atoms with Gasteiger partial charge in [-0.25, -0.2) is 9.97 Å². The van der Waals surface area contributed by atoms with Crippen molar-refractivity contribution >= 4 is 93.3 Å². The Hall–Kier alpha value is -11.3. The molecule has 2 aliphatic rings. The number of carbonyl (C=O) groups excluding carboxylic acids is 4. The zero-order valence-electron chi connectivity index (χ0n) is 49.1. The van der Waals surface area contributed by atoms with Crippen LogP contribution in [-0.2, 0) is 19.2 Å². The summed E-state index contributed by atoms with van der Waals surface area (Å²) in [4.78, 5) is 115. The summed E-state index contributed by atoms with van der Waals surface area (Å²) in [5, 5.41) is 48.4. The number of fused-ring (bicyclic) bond motifs is 8. The van der Waals surface area contributed by atoms with Gasteiger partial charge in [0.15, 0.2) is 5.75 Å². The quantitative estimate of drug-likeness (QED) is 0.0147. The maximum absolute atomic E-state index is 14.2. The van der Waals surface area contributed by atoms with Crippen LogP contribution in [0, 0.1) is 40.5 Å². The SMILES string of the molecule is C=CC(CC(=O)Oc1ccccc1-c1c(-c2ccccc2OC(=O)CC(C=C)[N+](=O)[O-])c2c(-c3ccccc3OC(=O)CC(C=C)[N+](=O)[O-])c3nc(cc4ccc(cc5nc(cc1n2-c1ccccc1OC(=O)CC(C=C)[N+](=O)[O-])C=C5)[nH]4)C=C3)[N+](=O)[O-].[H-].[H-].[Mg+2]. The predicted molar refractivity (Wildman–Crippen MR) is 333 cm³/mol. The van der Waals surface area contributed by atoms with E-state index in [2.05, 4.69) is 31.3 Å². The first-order valence-corrected chi connectivity index (χ1v) is 26.8. The number of para-hydroxylation sites is 5. The summed E-state index contributed by atoms with van der Waals surface area (Å²) in [5.41, 5.74) is 2.93. The molecule has 0 amide bonds. The molecule has 0 radical (unpaired) electrons. The number of nitro groups is 4. The summed E-state index contributed by atoms with van der Waals surface area (Å²) in [6.45, 7) is 14.1. The molecule has 25 heteroatoms. The van der Waals surface area contributed by atoms with Crippen LogP contribution in [0.3, 0.4) is 0 Å². The summed E-state index contributed by atoms with van der Waals surface area (Å²) in [7, 11) is 0. The average Bonchev–Trinajstić information content (AvgIpc) is 1.57. The number of benzene rings is 4. The van der Waals surface area contributed by atoms with Gasteiger partial charge >= 0.3 is 46.9 Å². The standard InChI is InChI=1S/C64H50N8O16.Mg.2H/c1-5-43(69(77)78)34-57(73)85-53-21-13-9-17-47(53)61-50-30-29-41(67-50)32-40-26-25-38(65-40)31-39-27-28-42(66-39)33-52-62(48-18-10-14-22-54(48)86-58(74)35-44(6-2)70(79)80)63(49-19-11-15-23-55(49)87-59(75)36-45(7-3)71(81)82)64(61)68(52)51-20-12-16-24-56(51)88-60(76)37-46(8-4)72(83)84;;;/h5-33,43-46,65H,1-4,34-37H2;;;/q;+2;2*-1. The Labute approximate surface area is 524 Å². The van der Waals surface area contributed by atoms with E-state index in [1.807, 2.05) is 12.1 Å². The van der Waals surface area contributed by atoms with Crippen LogP contribution in [0.1, 0.15) is 51.3 Å². The smallest absolute Gasteiger partial charge is 1.00 e. The molecule has 9 rings (SSSR count). The molecule has 8 bridgehead atoms. The fraction of sp³-hybridized carbons (Fsp3) is 0.125. The van der Waals surface area contributed by atoms with E-state index in [0.717, 1.165) is 24.3 Å². The fourth-order valence-corrected chi connectivity index (χ4v) is 9.68. The second kappa shape index (κ2) is 28.3. The number of nitrogens with one attached hydrogen (secondary N) is 1. The number of ether oxygens (including phenoxy) is 4. The molecule has 0 fully saturated rings. The molecular weight excluding hydrogens is 1160 g/mol. The van der Waals surface area contributed by atoms with Gasteiger partial charge < -0.3 is 31.4 Å². The van der Waals surface area contributed by atoms with Crippen LogP contribution >= 0.6 is 0 Å². The van der Waals surface area contributed by atoms with Crippen LogP contribution in [0.2, 0.25) is 0 Å². The Morgan fingerprint density at radius 3 is 1.25 bits per heavy atom. The summed E-state index contributed by atoms with van der Waals surface area (Å²) in [6.07, 6.45) is 7.54. The minimum absolute atomic E-state index is 0. The van der Waals surface area contributed by atoms with E-state index in [1.165, 1.54) is 48.5 Å². The number of hydrogen-bond acceptors (Lipinski definition) is 18. The third-order valence-corrected chi connectivity index (χ3v) is 13.8. The zero-order valence-corrected chi connectivity index (χ0v) is 48.5. The maximum Gasteiger partial charge on any atom is 2.00 e. The number of rotatable bonds is 24. The molecule has 4 atom stereocenters. The Kier molecular flexibility index (Phi) is 20.2. The van der Waals surface area contributed by atoms with Crippen molar-refractivity contribution in [3.8, 4) is 62.1 Å². The van der Waals surface area contributed by atoms with E-state index in [0.29, 0.717) is 22.4 Å². The van der Waals surface area contributed by atoms with Gasteiger partial charge in [0, 0.05) is 64.1 Å². The van der Waals surface area contributed by atoms with Crippen LogP contribution in [0.15, 0.2) is 178 Å². The Morgan fingerprint density at radius 2 is 0.820 bits per heavy atom. The molecule has 0 saturated carbocycles. The van der Waals surface area contributed by atoms with Crippen LogP contribution in [-0.4, -0.2) is 110 Å². The Morgan fingerprint density at radius 1 is 0.472 bits per heavy atom. The number of H-pyrrole nitrogens is 1. The minimum Gasteiger partial charge on any atom is -1.00 e. The molecular formula is C64H52MgN8O16. The van der Waals surface area contributed by atoms with Gasteiger partial charge in [-0.05, 0) is 109 Å². The number of carbonyl (C=O) groups is 4. The number of nitrogens with zero attached hydrogens (tertiary/aromatic N) is 7. The van der Waals surface area contributed by atoms with Gasteiger partial charge in [0.1, 0.15) is 42.9 Å². The molecule has 0 saturated heterocycles. The van der Waals surface area contributed by atoms with Gasteiger partial charge in [0.05, 0.1) is 39.5 Å². The second-order valence-corrected chi connectivity index (χ2v) is 19.6. The minimum atomic E-state index is -1.59. The molecule has 446 valence electrons. The molecule has 24 nitrogen and oxygen atoms in total. The molecule has 1 N–H and O–H groups in total. The normalized spacial score (nSPS) is 12.6. The van der Waals surface area contributed by atoms with Gasteiger partial charge in [0.25, 0.3) is 0 Å². The molecule has 5 heterocycles. The number of esters is 4. The topological polar surface area (TPSA) is 324 Å². The van der Waals surface area contributed by atoms with Crippen molar-refractivity contribution in [2.45, 2.75) is 49.9 Å². The molecule has 4 unspecified atom stereocenters. The second-order valence-electron chi connectivity index (χ2n) is 19.6. The molecule has 7 aromatic rings. The molecule has 3 aromatic heterocycles. The average molecular weight is 1210 g/mol. The van der Waals surface area contributed by atoms with Gasteiger partial charge in [-0.3, -0.25) is 59.6 Å². The summed E-state index contributed by atoms with van der Waals surface area (Å²) in [5.74, 6) is -5.10. The van der Waals surface area contributed by atoms with Gasteiger partial charge in [0.2, 0.25) is 24.2 Å². The van der Waals surface area contributed by atoms with Crippen molar-refractivity contribution in [2.24, 2.45) is 0 Å². The van der Waals surface area contributed by atoms with Crippen LogP contribution < -0.4 is 18.9 Å². The molecule has 89 heavy (non-hydrogen) atoms. The van der Waals surface area contributed by atoms with Crippen molar-refractivity contribution in [1.82, 2.24) is 19.5 Å². The third-order valence-electron chi connectivity index (χ3n) is 13.8. The van der Waals surface area contributed by atoms with Crippen molar-refractivity contribution in [3.63, 3.8) is 0 Å². The van der Waals surface area contributed by atoms with Gasteiger partial charge in [-0.15, -0.1) is 0 Å². The summed E-state index contributed by atoms with van der Waals surface area (Å²) in [6, 6.07) is 26.8. The van der Waals surface area contributed by atoms with E-state index in [9.17, 15) is 59.6 Å². The molecule has 0 aliphatic carbocycles. The van der Waals surface area contributed by atoms with E-state index in [1.54, 1.807) is 95.6 Å². The third kappa shape index (κ3) is 14.5. The summed E-state index contributed by atoms with van der Waals surface area (Å²) < 4.78 is 26.1. The van der Waals surface area contributed by atoms with Gasteiger partial charge in [-0.2, -0.15) is 0 Å². The largest absolute Gasteiger partial charge is 2.00 e. The first-order chi connectivity index (χ1) is 42.4. The van der Waals surface area contributed by atoms with Gasteiger partial charge in [-0.1, -0.05) is 93.0 Å². The van der Waals surface area contributed by atoms with E-state index in [4.69, 9.17) is 28.9 Å². The van der Waals surface area contributed by atoms with Crippen molar-refractivity contribution in [1.29, 1.82) is 0 Å². The van der Waals surface area contributed by atoms with Crippen molar-refractivity contribution < 1.29 is 60.7 Å². The predicted octanol–water partition coefficient (Wildman–Crippen LogP) is 11.5. The molecule has 4 aromatic carbocycles. The van der Waals surface area contributed by atoms with E-state index >= 15 is 0 Å². The van der Waals surface area contributed by atoms with Crippen molar-refractivity contribution in [3.05, 3.63) is 241 Å². The fourth-order valence-electron chi connectivity index (χ4n) is 9.68. The van der Waals surface area contributed by atoms with Crippen molar-refractivity contribution in [2.75, 3.05) is 0 Å². The Balaban J connectivity index is 0.00000439. The first-order valence-electron chi connectivity index (χ1n) is 26.8. The Bertz CT molecular complexity index is 4330. The van der Waals surface area contributed by atoms with E-state index in [-0.39, 0.29) is 110 Å². The number of aromatic nitrogens is 4. The van der Waals surface area contributed by atoms with Crippen LogP contribution in [0.4, 0.5) is 0 Å². The molecule has 2 aliphatic heterocycles. The maximum atomic E-state index is 14.2. The first kappa shape index (κ1) is 63.7. The summed E-state index contributed by atoms with van der Waals surface area (Å²) >= 11 is 0. The van der Waals surface area contributed by atoms with Crippen LogP contribution in [0.25, 0.3) is 85.4 Å². The number of hydrogen-bond donors (Lipinski definition) is 1. The van der Waals surface area contributed by atoms with Crippen LogP contribution in [0.5, 0.6) is 23.0 Å². The number of aromatic amines is 1.